The van der Waals surface area contributed by atoms with Crippen LogP contribution < -0.4 is 0 Å². The third kappa shape index (κ3) is 2.93. The SMILES string of the molecule is CCN(CCO)CC1(CBr)CCC1. The van der Waals surface area contributed by atoms with Crippen molar-refractivity contribution in [1.29, 1.82) is 0 Å². The second kappa shape index (κ2) is 5.32. The zero-order chi connectivity index (χ0) is 9.73. The Morgan fingerprint density at radius 2 is 2.15 bits per heavy atom. The Hall–Kier alpha value is 0.400. The average Bonchev–Trinajstić information content (AvgIpc) is 2.09. The van der Waals surface area contributed by atoms with Crippen LogP contribution >= 0.6 is 15.9 Å². The average molecular weight is 250 g/mol. The van der Waals surface area contributed by atoms with E-state index < -0.39 is 0 Å². The summed E-state index contributed by atoms with van der Waals surface area (Å²) in [5.74, 6) is 0. The molecule has 0 aliphatic heterocycles. The number of alkyl halides is 1. The Morgan fingerprint density at radius 1 is 1.46 bits per heavy atom. The Morgan fingerprint density at radius 3 is 2.46 bits per heavy atom. The molecular formula is C10H20BrNO. The number of halogens is 1. The summed E-state index contributed by atoms with van der Waals surface area (Å²) >= 11 is 3.60. The zero-order valence-corrected chi connectivity index (χ0v) is 10.0. The molecule has 0 spiro atoms. The molecule has 0 amide bonds. The summed E-state index contributed by atoms with van der Waals surface area (Å²) in [7, 11) is 0. The van der Waals surface area contributed by atoms with E-state index in [0.29, 0.717) is 5.41 Å². The van der Waals surface area contributed by atoms with E-state index in [9.17, 15) is 0 Å². The van der Waals surface area contributed by atoms with Crippen LogP contribution in [0.2, 0.25) is 0 Å². The fourth-order valence-electron chi connectivity index (χ4n) is 1.98. The van der Waals surface area contributed by atoms with E-state index in [0.717, 1.165) is 25.0 Å². The Labute approximate surface area is 89.4 Å². The van der Waals surface area contributed by atoms with Gasteiger partial charge in [0.15, 0.2) is 0 Å². The first-order valence-electron chi connectivity index (χ1n) is 5.15. The Kier molecular flexibility index (Phi) is 4.70. The number of hydrogen-bond donors (Lipinski definition) is 1. The van der Waals surface area contributed by atoms with Crippen molar-refractivity contribution in [2.24, 2.45) is 5.41 Å². The highest BCUT2D eigenvalue weighted by Gasteiger charge is 2.36. The van der Waals surface area contributed by atoms with Crippen molar-refractivity contribution in [3.05, 3.63) is 0 Å². The van der Waals surface area contributed by atoms with E-state index in [1.807, 2.05) is 0 Å². The van der Waals surface area contributed by atoms with Gasteiger partial charge in [-0.3, -0.25) is 0 Å². The van der Waals surface area contributed by atoms with Gasteiger partial charge in [0.2, 0.25) is 0 Å². The van der Waals surface area contributed by atoms with Crippen LogP contribution in [0.25, 0.3) is 0 Å². The number of aliphatic hydroxyl groups excluding tert-OH is 1. The van der Waals surface area contributed by atoms with Crippen LogP contribution in [0.5, 0.6) is 0 Å². The highest BCUT2D eigenvalue weighted by molar-refractivity contribution is 9.09. The highest BCUT2D eigenvalue weighted by atomic mass is 79.9. The molecule has 1 saturated carbocycles. The van der Waals surface area contributed by atoms with Crippen molar-refractivity contribution in [3.63, 3.8) is 0 Å². The van der Waals surface area contributed by atoms with E-state index in [1.165, 1.54) is 19.3 Å². The van der Waals surface area contributed by atoms with Gasteiger partial charge in [-0.1, -0.05) is 29.3 Å². The zero-order valence-electron chi connectivity index (χ0n) is 8.43. The normalized spacial score (nSPS) is 20.3. The maximum Gasteiger partial charge on any atom is 0.0558 e. The first-order chi connectivity index (χ1) is 6.26. The fourth-order valence-corrected chi connectivity index (χ4v) is 2.71. The monoisotopic (exact) mass is 249 g/mol. The van der Waals surface area contributed by atoms with Gasteiger partial charge >= 0.3 is 0 Å². The summed E-state index contributed by atoms with van der Waals surface area (Å²) in [4.78, 5) is 2.35. The van der Waals surface area contributed by atoms with Crippen molar-refractivity contribution >= 4 is 15.9 Å². The molecule has 0 bridgehead atoms. The third-order valence-electron chi connectivity index (χ3n) is 3.12. The first-order valence-corrected chi connectivity index (χ1v) is 6.27. The van der Waals surface area contributed by atoms with Gasteiger partial charge in [-0.05, 0) is 24.8 Å². The Bertz CT molecular complexity index is 142. The van der Waals surface area contributed by atoms with Crippen LogP contribution in [0.15, 0.2) is 0 Å². The van der Waals surface area contributed by atoms with E-state index in [2.05, 4.69) is 27.8 Å². The molecule has 3 heteroatoms. The van der Waals surface area contributed by atoms with Gasteiger partial charge in [-0.25, -0.2) is 0 Å². The smallest absolute Gasteiger partial charge is 0.0558 e. The molecule has 0 atom stereocenters. The molecule has 0 aromatic carbocycles. The molecular weight excluding hydrogens is 230 g/mol. The van der Waals surface area contributed by atoms with Crippen molar-refractivity contribution in [2.75, 3.05) is 31.6 Å². The molecule has 0 saturated heterocycles. The highest BCUT2D eigenvalue weighted by Crippen LogP contribution is 2.42. The lowest BCUT2D eigenvalue weighted by Crippen LogP contribution is -2.44. The van der Waals surface area contributed by atoms with Crippen molar-refractivity contribution < 1.29 is 5.11 Å². The minimum absolute atomic E-state index is 0.284. The summed E-state index contributed by atoms with van der Waals surface area (Å²) < 4.78 is 0. The predicted molar refractivity (Wildman–Crippen MR) is 59.3 cm³/mol. The lowest BCUT2D eigenvalue weighted by Gasteiger charge is -2.43. The van der Waals surface area contributed by atoms with Gasteiger partial charge in [0.05, 0.1) is 6.61 Å². The standard InChI is InChI=1S/C10H20BrNO/c1-2-12(6-7-13)9-10(8-11)4-3-5-10/h13H,2-9H2,1H3. The number of hydrogen-bond acceptors (Lipinski definition) is 2. The van der Waals surface area contributed by atoms with E-state index >= 15 is 0 Å². The van der Waals surface area contributed by atoms with Crippen LogP contribution in [0.1, 0.15) is 26.2 Å². The number of aliphatic hydroxyl groups is 1. The Balaban J connectivity index is 2.34. The van der Waals surface area contributed by atoms with Gasteiger partial charge < -0.3 is 10.0 Å². The second-order valence-electron chi connectivity index (χ2n) is 4.08. The molecule has 1 aliphatic rings. The molecule has 0 aromatic heterocycles. The fraction of sp³-hybridized carbons (Fsp3) is 1.00. The van der Waals surface area contributed by atoms with Crippen LogP contribution in [-0.4, -0.2) is 41.6 Å². The summed E-state index contributed by atoms with van der Waals surface area (Å²) in [6.45, 7) is 5.47. The molecule has 1 fully saturated rings. The quantitative estimate of drug-likeness (QED) is 0.727. The lowest BCUT2D eigenvalue weighted by molar-refractivity contribution is 0.0824. The van der Waals surface area contributed by atoms with Gasteiger partial charge in [0.25, 0.3) is 0 Å². The van der Waals surface area contributed by atoms with E-state index in [-0.39, 0.29) is 6.61 Å². The van der Waals surface area contributed by atoms with Crippen molar-refractivity contribution in [2.45, 2.75) is 26.2 Å². The van der Waals surface area contributed by atoms with Gasteiger partial charge in [0, 0.05) is 18.4 Å². The number of rotatable bonds is 6. The molecule has 0 heterocycles. The van der Waals surface area contributed by atoms with Gasteiger partial charge in [0.1, 0.15) is 0 Å². The molecule has 1 N–H and O–H groups in total. The summed E-state index contributed by atoms with van der Waals surface area (Å²) in [6.07, 6.45) is 4.07. The molecule has 0 radical (unpaired) electrons. The predicted octanol–water partition coefficient (Wildman–Crippen LogP) is 1.87. The molecule has 13 heavy (non-hydrogen) atoms. The molecule has 2 nitrogen and oxygen atoms in total. The molecule has 1 rings (SSSR count). The van der Waals surface area contributed by atoms with E-state index in [1.54, 1.807) is 0 Å². The molecule has 0 unspecified atom stereocenters. The number of nitrogens with zero attached hydrogens (tertiary/aromatic N) is 1. The molecule has 78 valence electrons. The second-order valence-corrected chi connectivity index (χ2v) is 4.64. The van der Waals surface area contributed by atoms with E-state index in [4.69, 9.17) is 5.11 Å². The minimum Gasteiger partial charge on any atom is -0.395 e. The maximum absolute atomic E-state index is 8.87. The minimum atomic E-state index is 0.284. The molecule has 1 aliphatic carbocycles. The van der Waals surface area contributed by atoms with Crippen molar-refractivity contribution in [3.8, 4) is 0 Å². The topological polar surface area (TPSA) is 23.5 Å². The lowest BCUT2D eigenvalue weighted by atomic mass is 9.70. The molecule has 0 aromatic rings. The van der Waals surface area contributed by atoms with Crippen LogP contribution in [0.4, 0.5) is 0 Å². The van der Waals surface area contributed by atoms with Crippen LogP contribution in [0, 0.1) is 5.41 Å². The summed E-state index contributed by atoms with van der Waals surface area (Å²) in [5.41, 5.74) is 0.519. The summed E-state index contributed by atoms with van der Waals surface area (Å²) in [6, 6.07) is 0. The van der Waals surface area contributed by atoms with Gasteiger partial charge in [-0.15, -0.1) is 0 Å². The van der Waals surface area contributed by atoms with Crippen molar-refractivity contribution in [1.82, 2.24) is 4.90 Å². The first kappa shape index (κ1) is 11.5. The summed E-state index contributed by atoms with van der Waals surface area (Å²) in [5, 5.41) is 9.99. The number of likely N-dealkylation sites (N-methyl/N-ethyl adjacent to an activating group) is 1. The maximum atomic E-state index is 8.87. The van der Waals surface area contributed by atoms with Crippen LogP contribution in [0.3, 0.4) is 0 Å². The largest absolute Gasteiger partial charge is 0.395 e. The van der Waals surface area contributed by atoms with Crippen LogP contribution in [-0.2, 0) is 0 Å². The van der Waals surface area contributed by atoms with Gasteiger partial charge in [-0.2, -0.15) is 0 Å². The third-order valence-corrected chi connectivity index (χ3v) is 4.31.